The fourth-order valence-electron chi connectivity index (χ4n) is 1.04. The third-order valence-electron chi connectivity index (χ3n) is 1.79. The van der Waals surface area contributed by atoms with E-state index in [2.05, 4.69) is 5.32 Å². The van der Waals surface area contributed by atoms with E-state index in [1.165, 1.54) is 23.1 Å². The van der Waals surface area contributed by atoms with Crippen molar-refractivity contribution in [2.45, 2.75) is 18.7 Å². The fourth-order valence-corrected chi connectivity index (χ4v) is 3.07. The molecule has 0 fully saturated rings. The van der Waals surface area contributed by atoms with Crippen LogP contribution in [0.15, 0.2) is 12.1 Å². The molecule has 0 aliphatic rings. The molecular weight excluding hydrogens is 266 g/mol. The zero-order valence-corrected chi connectivity index (χ0v) is 11.3. The van der Waals surface area contributed by atoms with Crippen molar-refractivity contribution < 1.29 is 9.90 Å². The Balaban J connectivity index is 2.18. The van der Waals surface area contributed by atoms with Crippen LogP contribution in [0.25, 0.3) is 0 Å². The molecular formula is C10H14ClNO2S2. The van der Waals surface area contributed by atoms with Gasteiger partial charge in [-0.3, -0.25) is 4.79 Å². The first-order chi connectivity index (χ1) is 7.61. The maximum atomic E-state index is 11.3. The Morgan fingerprint density at radius 3 is 3.00 bits per heavy atom. The number of carbonyl (C=O) groups is 1. The standard InChI is InChI=1S/C10H14ClNO2S2/c1-7(4-13)12-10(14)6-15-5-8-2-3-9(11)16-8/h2-3,7,13H,4-6H2,1H3,(H,12,14). The molecule has 6 heteroatoms. The van der Waals surface area contributed by atoms with Gasteiger partial charge in [0.1, 0.15) is 0 Å². The number of thiophene rings is 1. The summed E-state index contributed by atoms with van der Waals surface area (Å²) in [7, 11) is 0. The van der Waals surface area contributed by atoms with Crippen LogP contribution in [0.2, 0.25) is 4.34 Å². The molecule has 1 rings (SSSR count). The number of hydrogen-bond acceptors (Lipinski definition) is 4. The van der Waals surface area contributed by atoms with Gasteiger partial charge >= 0.3 is 0 Å². The predicted molar refractivity (Wildman–Crippen MR) is 70.2 cm³/mol. The number of amides is 1. The summed E-state index contributed by atoms with van der Waals surface area (Å²) < 4.78 is 0.772. The van der Waals surface area contributed by atoms with Gasteiger partial charge in [-0.2, -0.15) is 0 Å². The lowest BCUT2D eigenvalue weighted by atomic mass is 10.4. The lowest BCUT2D eigenvalue weighted by molar-refractivity contribution is -0.119. The minimum Gasteiger partial charge on any atom is -0.394 e. The van der Waals surface area contributed by atoms with Gasteiger partial charge < -0.3 is 10.4 Å². The predicted octanol–water partition coefficient (Wildman–Crippen LogP) is 2.13. The van der Waals surface area contributed by atoms with Crippen molar-refractivity contribution in [1.82, 2.24) is 5.32 Å². The highest BCUT2D eigenvalue weighted by Crippen LogP contribution is 2.24. The molecule has 0 bridgehead atoms. The Labute approximate surface area is 108 Å². The summed E-state index contributed by atoms with van der Waals surface area (Å²) in [5, 5.41) is 11.4. The average molecular weight is 280 g/mol. The van der Waals surface area contributed by atoms with E-state index in [9.17, 15) is 4.79 Å². The number of carbonyl (C=O) groups excluding carboxylic acids is 1. The van der Waals surface area contributed by atoms with Crippen molar-refractivity contribution in [2.75, 3.05) is 12.4 Å². The molecule has 1 atom stereocenters. The highest BCUT2D eigenvalue weighted by atomic mass is 35.5. The fraction of sp³-hybridized carbons (Fsp3) is 0.500. The highest BCUT2D eigenvalue weighted by molar-refractivity contribution is 7.99. The van der Waals surface area contributed by atoms with E-state index >= 15 is 0 Å². The molecule has 2 N–H and O–H groups in total. The average Bonchev–Trinajstić information content (AvgIpc) is 2.64. The number of halogens is 1. The van der Waals surface area contributed by atoms with Crippen LogP contribution in [0.3, 0.4) is 0 Å². The third-order valence-corrected chi connectivity index (χ3v) is 4.18. The SMILES string of the molecule is CC(CO)NC(=O)CSCc1ccc(Cl)s1. The number of rotatable bonds is 6. The number of aliphatic hydroxyl groups excluding tert-OH is 1. The lowest BCUT2D eigenvalue weighted by Gasteiger charge is -2.09. The Hall–Kier alpha value is -0.230. The maximum Gasteiger partial charge on any atom is 0.230 e. The first-order valence-electron chi connectivity index (χ1n) is 4.84. The topological polar surface area (TPSA) is 49.3 Å². The Morgan fingerprint density at radius 2 is 2.44 bits per heavy atom. The molecule has 0 saturated heterocycles. The summed E-state index contributed by atoms with van der Waals surface area (Å²) in [5.74, 6) is 1.15. The third kappa shape index (κ3) is 5.21. The van der Waals surface area contributed by atoms with Crippen LogP contribution < -0.4 is 5.32 Å². The molecule has 0 spiro atoms. The molecule has 0 saturated carbocycles. The van der Waals surface area contributed by atoms with Crippen LogP contribution in [0, 0.1) is 0 Å². The van der Waals surface area contributed by atoms with Crippen molar-refractivity contribution >= 4 is 40.6 Å². The number of nitrogens with one attached hydrogen (secondary N) is 1. The van der Waals surface area contributed by atoms with Gasteiger partial charge in [0.05, 0.1) is 16.7 Å². The molecule has 0 aliphatic carbocycles. The van der Waals surface area contributed by atoms with Crippen molar-refractivity contribution in [3.63, 3.8) is 0 Å². The quantitative estimate of drug-likeness (QED) is 0.839. The lowest BCUT2D eigenvalue weighted by Crippen LogP contribution is -2.36. The zero-order valence-electron chi connectivity index (χ0n) is 8.90. The normalized spacial score (nSPS) is 12.4. The van der Waals surface area contributed by atoms with Gasteiger partial charge in [-0.05, 0) is 19.1 Å². The van der Waals surface area contributed by atoms with E-state index in [0.29, 0.717) is 5.75 Å². The first kappa shape index (κ1) is 13.8. The van der Waals surface area contributed by atoms with E-state index in [4.69, 9.17) is 16.7 Å². The van der Waals surface area contributed by atoms with Crippen molar-refractivity contribution in [3.8, 4) is 0 Å². The second kappa shape index (κ2) is 7.17. The molecule has 1 amide bonds. The summed E-state index contributed by atoms with van der Waals surface area (Å²) in [6, 6.07) is 3.65. The summed E-state index contributed by atoms with van der Waals surface area (Å²) in [6.45, 7) is 1.73. The minimum atomic E-state index is -0.177. The molecule has 1 aromatic heterocycles. The van der Waals surface area contributed by atoms with Gasteiger partial charge in [-0.25, -0.2) is 0 Å². The van der Waals surface area contributed by atoms with Gasteiger partial charge in [0.2, 0.25) is 5.91 Å². The molecule has 3 nitrogen and oxygen atoms in total. The number of aliphatic hydroxyl groups is 1. The number of thioether (sulfide) groups is 1. The van der Waals surface area contributed by atoms with Crippen LogP contribution in [-0.4, -0.2) is 29.4 Å². The van der Waals surface area contributed by atoms with Crippen LogP contribution in [0.5, 0.6) is 0 Å². The van der Waals surface area contributed by atoms with Crippen LogP contribution in [-0.2, 0) is 10.5 Å². The molecule has 0 radical (unpaired) electrons. The Bertz CT molecular complexity index is 343. The molecule has 16 heavy (non-hydrogen) atoms. The Kier molecular flexibility index (Phi) is 6.20. The van der Waals surface area contributed by atoms with Crippen molar-refractivity contribution in [3.05, 3.63) is 21.3 Å². The summed E-state index contributed by atoms with van der Waals surface area (Å²) in [4.78, 5) is 12.5. The maximum absolute atomic E-state index is 11.3. The van der Waals surface area contributed by atoms with Crippen LogP contribution >= 0.6 is 34.7 Å². The zero-order chi connectivity index (χ0) is 12.0. The van der Waals surface area contributed by atoms with Crippen LogP contribution in [0.1, 0.15) is 11.8 Å². The highest BCUT2D eigenvalue weighted by Gasteiger charge is 2.06. The molecule has 0 aliphatic heterocycles. The molecule has 1 aromatic rings. The minimum absolute atomic E-state index is 0.0308. The summed E-state index contributed by atoms with van der Waals surface area (Å²) >= 11 is 8.86. The monoisotopic (exact) mass is 279 g/mol. The van der Waals surface area contributed by atoms with Gasteiger partial charge in [0.15, 0.2) is 0 Å². The molecule has 1 unspecified atom stereocenters. The van der Waals surface area contributed by atoms with Crippen molar-refractivity contribution in [2.24, 2.45) is 0 Å². The first-order valence-corrected chi connectivity index (χ1v) is 7.19. The smallest absolute Gasteiger partial charge is 0.230 e. The van der Waals surface area contributed by atoms with Gasteiger partial charge in [-0.15, -0.1) is 23.1 Å². The summed E-state index contributed by atoms with van der Waals surface area (Å²) in [6.07, 6.45) is 0. The van der Waals surface area contributed by atoms with Gasteiger partial charge in [0.25, 0.3) is 0 Å². The molecule has 1 heterocycles. The van der Waals surface area contributed by atoms with Crippen molar-refractivity contribution in [1.29, 1.82) is 0 Å². The van der Waals surface area contributed by atoms with Gasteiger partial charge in [-0.1, -0.05) is 11.6 Å². The second-order valence-corrected chi connectivity index (χ2v) is 6.13. The molecule has 90 valence electrons. The van der Waals surface area contributed by atoms with E-state index in [-0.39, 0.29) is 18.6 Å². The van der Waals surface area contributed by atoms with E-state index in [0.717, 1.165) is 15.0 Å². The number of hydrogen-bond donors (Lipinski definition) is 2. The molecule has 0 aromatic carbocycles. The van der Waals surface area contributed by atoms with E-state index in [1.54, 1.807) is 6.92 Å². The van der Waals surface area contributed by atoms with Crippen LogP contribution in [0.4, 0.5) is 0 Å². The van der Waals surface area contributed by atoms with Gasteiger partial charge in [0, 0.05) is 16.7 Å². The van der Waals surface area contributed by atoms with E-state index in [1.807, 2.05) is 12.1 Å². The second-order valence-electron chi connectivity index (χ2n) is 3.35. The summed E-state index contributed by atoms with van der Waals surface area (Å²) in [5.41, 5.74) is 0. The largest absolute Gasteiger partial charge is 0.394 e. The van der Waals surface area contributed by atoms with E-state index < -0.39 is 0 Å². The Morgan fingerprint density at radius 1 is 1.69 bits per heavy atom.